The van der Waals surface area contributed by atoms with Gasteiger partial charge in [-0.1, -0.05) is 0 Å². The molecule has 0 rings (SSSR count). The number of carbonyl (C=O) groups is 1. The molecule has 0 spiro atoms. The highest BCUT2D eigenvalue weighted by molar-refractivity contribution is 7.10. The molecule has 0 fully saturated rings. The van der Waals surface area contributed by atoms with Crippen LogP contribution in [0.5, 0.6) is 0 Å². The predicted molar refractivity (Wildman–Crippen MR) is 35.5 cm³/mol. The van der Waals surface area contributed by atoms with Gasteiger partial charge in [-0.2, -0.15) is 0 Å². The molecule has 54 valence electrons. The van der Waals surface area contributed by atoms with Gasteiger partial charge < -0.3 is 15.4 Å². The van der Waals surface area contributed by atoms with E-state index in [9.17, 15) is 4.79 Å². The van der Waals surface area contributed by atoms with E-state index in [1.807, 2.05) is 0 Å². The second kappa shape index (κ2) is 3.77. The number of rotatable bonds is 2. The quantitative estimate of drug-likeness (QED) is 0.498. The Morgan fingerprint density at radius 3 is 2.44 bits per heavy atom. The highest BCUT2D eigenvalue weighted by Crippen LogP contribution is 1.95. The molecule has 0 aliphatic heterocycles. The van der Waals surface area contributed by atoms with Crippen molar-refractivity contribution in [2.75, 3.05) is 0 Å². The summed E-state index contributed by atoms with van der Waals surface area (Å²) in [6, 6.07) is -0.942. The molecule has 0 aromatic heterocycles. The summed E-state index contributed by atoms with van der Waals surface area (Å²) >= 11 is 0. The Kier molecular flexibility index (Phi) is 3.70. The molecule has 0 heterocycles. The molecule has 0 saturated carbocycles. The maximum atomic E-state index is 10.4. The standard InChI is InChI=1S/C4H10NO3P/c1-2(6)3(5)4(7)8-9/h2-3,6H,5,9H2,1H3. The maximum Gasteiger partial charge on any atom is 0.327 e. The summed E-state index contributed by atoms with van der Waals surface area (Å²) in [6.45, 7) is 1.42. The summed E-state index contributed by atoms with van der Waals surface area (Å²) in [7, 11) is 1.77. The van der Waals surface area contributed by atoms with Crippen molar-refractivity contribution in [1.82, 2.24) is 0 Å². The number of hydrogen-bond donors (Lipinski definition) is 2. The van der Waals surface area contributed by atoms with Gasteiger partial charge >= 0.3 is 5.97 Å². The van der Waals surface area contributed by atoms with Crippen molar-refractivity contribution < 1.29 is 14.4 Å². The lowest BCUT2D eigenvalue weighted by atomic mass is 10.2. The van der Waals surface area contributed by atoms with Gasteiger partial charge in [0, 0.05) is 0 Å². The van der Waals surface area contributed by atoms with Crippen molar-refractivity contribution in [2.45, 2.75) is 19.1 Å². The Morgan fingerprint density at radius 2 is 2.33 bits per heavy atom. The molecule has 0 aliphatic rings. The normalized spacial score (nSPS) is 16.4. The molecule has 0 radical (unpaired) electrons. The van der Waals surface area contributed by atoms with Gasteiger partial charge in [-0.15, -0.1) is 0 Å². The Morgan fingerprint density at radius 1 is 1.89 bits per heavy atom. The molecular weight excluding hydrogens is 141 g/mol. The Balaban J connectivity index is 3.72. The van der Waals surface area contributed by atoms with Crippen LogP contribution in [-0.4, -0.2) is 23.2 Å². The third-order valence-corrected chi connectivity index (χ3v) is 1.14. The van der Waals surface area contributed by atoms with E-state index in [2.05, 4.69) is 4.52 Å². The summed E-state index contributed by atoms with van der Waals surface area (Å²) < 4.78 is 4.17. The zero-order chi connectivity index (χ0) is 7.44. The molecule has 0 bridgehead atoms. The lowest BCUT2D eigenvalue weighted by Gasteiger charge is -2.10. The zero-order valence-corrected chi connectivity index (χ0v) is 6.23. The molecule has 0 aromatic carbocycles. The molecule has 3 N–H and O–H groups in total. The SMILES string of the molecule is CC(O)C(N)C(=O)OP. The van der Waals surface area contributed by atoms with E-state index in [-0.39, 0.29) is 0 Å². The first-order valence-corrected chi connectivity index (χ1v) is 2.91. The van der Waals surface area contributed by atoms with Crippen LogP contribution < -0.4 is 5.73 Å². The highest BCUT2D eigenvalue weighted by atomic mass is 31.0. The van der Waals surface area contributed by atoms with Gasteiger partial charge in [0.2, 0.25) is 0 Å². The van der Waals surface area contributed by atoms with Crippen molar-refractivity contribution in [2.24, 2.45) is 5.73 Å². The van der Waals surface area contributed by atoms with Crippen molar-refractivity contribution >= 4 is 15.4 Å². The molecule has 3 unspecified atom stereocenters. The van der Waals surface area contributed by atoms with Gasteiger partial charge in [0.15, 0.2) is 0 Å². The fourth-order valence-electron chi connectivity index (χ4n) is 0.276. The van der Waals surface area contributed by atoms with Crippen molar-refractivity contribution in [3.8, 4) is 0 Å². The summed E-state index contributed by atoms with van der Waals surface area (Å²) in [5.41, 5.74) is 5.13. The van der Waals surface area contributed by atoms with Crippen LogP contribution in [-0.2, 0) is 9.32 Å². The van der Waals surface area contributed by atoms with E-state index >= 15 is 0 Å². The number of nitrogens with two attached hydrogens (primary N) is 1. The molecule has 0 amide bonds. The fourth-order valence-corrected chi connectivity index (χ4v) is 0.433. The van der Waals surface area contributed by atoms with E-state index in [0.717, 1.165) is 0 Å². The minimum atomic E-state index is -0.942. The van der Waals surface area contributed by atoms with Crippen LogP contribution in [0.2, 0.25) is 0 Å². The zero-order valence-electron chi connectivity index (χ0n) is 5.07. The first kappa shape index (κ1) is 8.82. The summed E-state index contributed by atoms with van der Waals surface area (Å²) in [5.74, 6) is -0.630. The van der Waals surface area contributed by atoms with Crippen LogP contribution in [0, 0.1) is 0 Å². The molecule has 0 aliphatic carbocycles. The third kappa shape index (κ3) is 2.75. The fraction of sp³-hybridized carbons (Fsp3) is 0.750. The summed E-state index contributed by atoms with van der Waals surface area (Å²) in [6.07, 6.45) is -0.863. The maximum absolute atomic E-state index is 10.4. The molecule has 3 atom stereocenters. The van der Waals surface area contributed by atoms with Gasteiger partial charge in [-0.05, 0) is 6.92 Å². The lowest BCUT2D eigenvalue weighted by molar-refractivity contribution is -0.136. The summed E-state index contributed by atoms with van der Waals surface area (Å²) in [4.78, 5) is 10.4. The van der Waals surface area contributed by atoms with Crippen LogP contribution in [0.15, 0.2) is 0 Å². The van der Waals surface area contributed by atoms with Gasteiger partial charge in [-0.3, -0.25) is 4.79 Å². The number of carbonyl (C=O) groups excluding carboxylic acids is 1. The summed E-state index contributed by atoms with van der Waals surface area (Å²) in [5, 5.41) is 8.69. The first-order chi connectivity index (χ1) is 4.09. The van der Waals surface area contributed by atoms with E-state index in [1.165, 1.54) is 6.92 Å². The van der Waals surface area contributed by atoms with Crippen LogP contribution in [0.3, 0.4) is 0 Å². The molecule has 0 aromatic rings. The van der Waals surface area contributed by atoms with Gasteiger partial charge in [-0.25, -0.2) is 0 Å². The van der Waals surface area contributed by atoms with Crippen LogP contribution in [0.4, 0.5) is 0 Å². The molecule has 9 heavy (non-hydrogen) atoms. The topological polar surface area (TPSA) is 72.5 Å². The van der Waals surface area contributed by atoms with Crippen LogP contribution in [0.1, 0.15) is 6.92 Å². The third-order valence-electron chi connectivity index (χ3n) is 0.908. The number of aliphatic hydroxyl groups is 1. The largest absolute Gasteiger partial charge is 0.450 e. The monoisotopic (exact) mass is 151 g/mol. The first-order valence-electron chi connectivity index (χ1n) is 2.43. The minimum Gasteiger partial charge on any atom is -0.450 e. The van der Waals surface area contributed by atoms with Gasteiger partial charge in [0.05, 0.1) is 15.6 Å². The van der Waals surface area contributed by atoms with E-state index in [4.69, 9.17) is 10.8 Å². The van der Waals surface area contributed by atoms with Gasteiger partial charge in [0.25, 0.3) is 0 Å². The van der Waals surface area contributed by atoms with Crippen molar-refractivity contribution in [1.29, 1.82) is 0 Å². The highest BCUT2D eigenvalue weighted by Gasteiger charge is 2.18. The Labute approximate surface area is 55.7 Å². The van der Waals surface area contributed by atoms with Crippen LogP contribution >= 0.6 is 9.47 Å². The average molecular weight is 151 g/mol. The van der Waals surface area contributed by atoms with Crippen molar-refractivity contribution in [3.63, 3.8) is 0 Å². The lowest BCUT2D eigenvalue weighted by Crippen LogP contribution is -2.40. The number of aliphatic hydroxyl groups excluding tert-OH is 1. The smallest absolute Gasteiger partial charge is 0.327 e. The van der Waals surface area contributed by atoms with E-state index < -0.39 is 18.1 Å². The average Bonchev–Trinajstić information content (AvgIpc) is 1.84. The van der Waals surface area contributed by atoms with Gasteiger partial charge in [0.1, 0.15) is 6.04 Å². The minimum absolute atomic E-state index is 0.630. The Bertz CT molecular complexity index is 106. The predicted octanol–water partition coefficient (Wildman–Crippen LogP) is -0.972. The molecule has 0 saturated heterocycles. The van der Waals surface area contributed by atoms with Crippen LogP contribution in [0.25, 0.3) is 0 Å². The second-order valence-electron chi connectivity index (χ2n) is 1.70. The van der Waals surface area contributed by atoms with E-state index in [1.54, 1.807) is 9.47 Å². The Hall–Kier alpha value is -0.180. The van der Waals surface area contributed by atoms with Crippen molar-refractivity contribution in [3.05, 3.63) is 0 Å². The second-order valence-corrected chi connectivity index (χ2v) is 1.94. The molecular formula is C4H10NO3P. The molecule has 4 nitrogen and oxygen atoms in total. The number of hydrogen-bond acceptors (Lipinski definition) is 4. The van der Waals surface area contributed by atoms with E-state index in [0.29, 0.717) is 0 Å². The molecule has 5 heteroatoms.